The summed E-state index contributed by atoms with van der Waals surface area (Å²) in [4.78, 5) is 10.5. The molecule has 2 aromatic rings. The molecule has 1 unspecified atom stereocenters. The zero-order valence-electron chi connectivity index (χ0n) is 12.4. The van der Waals surface area contributed by atoms with Crippen molar-refractivity contribution in [2.24, 2.45) is 0 Å². The lowest BCUT2D eigenvalue weighted by Gasteiger charge is -2.11. The van der Waals surface area contributed by atoms with Gasteiger partial charge >= 0.3 is 0 Å². The average molecular weight is 333 g/mol. The Bertz CT molecular complexity index is 859. The number of non-ortho nitro benzene ring substituents is 1. The molecule has 0 saturated heterocycles. The molecule has 120 valence electrons. The number of aryl methyl sites for hydroxylation is 1. The summed E-state index contributed by atoms with van der Waals surface area (Å²) in [5, 5.41) is 10.8. The summed E-state index contributed by atoms with van der Waals surface area (Å²) in [6.45, 7) is 1.87. The minimum Gasteiger partial charge on any atom is -0.262 e. The van der Waals surface area contributed by atoms with E-state index in [1.54, 1.807) is 18.2 Å². The molecule has 0 radical (unpaired) electrons. The Morgan fingerprint density at radius 2 is 1.74 bits per heavy atom. The molecule has 0 heterocycles. The molecule has 1 atom stereocenters. The second-order valence-corrected chi connectivity index (χ2v) is 7.18. The van der Waals surface area contributed by atoms with Crippen molar-refractivity contribution in [3.8, 4) is 0 Å². The molecule has 0 aromatic heterocycles. The van der Waals surface area contributed by atoms with Gasteiger partial charge in [0.2, 0.25) is 0 Å². The first-order chi connectivity index (χ1) is 10.8. The number of hydrogen-bond donors (Lipinski definition) is 0. The van der Waals surface area contributed by atoms with Crippen molar-refractivity contribution in [2.75, 3.05) is 0 Å². The molecule has 23 heavy (non-hydrogen) atoms. The lowest BCUT2D eigenvalue weighted by Crippen LogP contribution is -2.18. The molecular formula is C16H15NO5S. The van der Waals surface area contributed by atoms with Gasteiger partial charge in [0, 0.05) is 25.0 Å². The maximum absolute atomic E-state index is 12.3. The van der Waals surface area contributed by atoms with Crippen molar-refractivity contribution in [2.45, 2.75) is 30.8 Å². The summed E-state index contributed by atoms with van der Waals surface area (Å²) < 4.78 is 29.9. The highest BCUT2D eigenvalue weighted by atomic mass is 32.2. The third-order valence-corrected chi connectivity index (χ3v) is 5.24. The van der Waals surface area contributed by atoms with Gasteiger partial charge in [-0.15, -0.1) is 0 Å². The molecule has 2 aromatic carbocycles. The maximum atomic E-state index is 12.3. The zero-order chi connectivity index (χ0) is 16.6. The molecule has 0 N–H and O–H groups in total. The summed E-state index contributed by atoms with van der Waals surface area (Å²) in [6.07, 6.45) is 0.249. The molecule has 0 bridgehead atoms. The van der Waals surface area contributed by atoms with Crippen molar-refractivity contribution in [3.05, 3.63) is 69.3 Å². The van der Waals surface area contributed by atoms with Crippen LogP contribution in [0, 0.1) is 17.0 Å². The van der Waals surface area contributed by atoms with Gasteiger partial charge in [0.05, 0.1) is 15.9 Å². The summed E-state index contributed by atoms with van der Waals surface area (Å²) in [5.41, 5.74) is 2.62. The summed E-state index contributed by atoms with van der Waals surface area (Å²) in [6, 6.07) is 11.0. The van der Waals surface area contributed by atoms with E-state index in [2.05, 4.69) is 0 Å². The van der Waals surface area contributed by atoms with Gasteiger partial charge in [0.15, 0.2) is 0 Å². The largest absolute Gasteiger partial charge is 0.297 e. The number of nitro groups is 1. The van der Waals surface area contributed by atoms with E-state index in [-0.39, 0.29) is 10.6 Å². The number of benzene rings is 2. The third-order valence-electron chi connectivity index (χ3n) is 3.87. The van der Waals surface area contributed by atoms with E-state index in [0.29, 0.717) is 12.8 Å². The number of nitro benzene ring substituents is 1. The standard InChI is InChI=1S/C16H15NO5S/c1-11-2-6-16(7-3-11)23(20,21)22-15-9-12-4-5-14(17(18)19)8-13(12)10-15/h2-8,15H,9-10H2,1H3. The normalized spacial score (nSPS) is 17.0. The Hall–Kier alpha value is -2.25. The van der Waals surface area contributed by atoms with Gasteiger partial charge in [-0.1, -0.05) is 23.8 Å². The molecule has 1 aliphatic carbocycles. The van der Waals surface area contributed by atoms with Crippen LogP contribution in [0.1, 0.15) is 16.7 Å². The number of hydrogen-bond acceptors (Lipinski definition) is 5. The van der Waals surface area contributed by atoms with E-state index in [4.69, 9.17) is 4.18 Å². The summed E-state index contributed by atoms with van der Waals surface area (Å²) in [7, 11) is -3.84. The third kappa shape index (κ3) is 3.25. The minimum absolute atomic E-state index is 0.00536. The zero-order valence-corrected chi connectivity index (χ0v) is 13.2. The Morgan fingerprint density at radius 3 is 2.39 bits per heavy atom. The molecule has 0 spiro atoms. The van der Waals surface area contributed by atoms with Crippen LogP contribution >= 0.6 is 0 Å². The van der Waals surface area contributed by atoms with Crippen LogP contribution in [0.15, 0.2) is 47.4 Å². The van der Waals surface area contributed by atoms with E-state index in [1.165, 1.54) is 24.3 Å². The van der Waals surface area contributed by atoms with Crippen LogP contribution in [0.3, 0.4) is 0 Å². The van der Waals surface area contributed by atoms with Crippen LogP contribution in [-0.2, 0) is 27.1 Å². The van der Waals surface area contributed by atoms with E-state index in [9.17, 15) is 18.5 Å². The van der Waals surface area contributed by atoms with Gasteiger partial charge in [-0.05, 0) is 30.2 Å². The molecule has 0 saturated carbocycles. The predicted octanol–water partition coefficient (Wildman–Crippen LogP) is 2.78. The molecule has 3 rings (SSSR count). The Labute approximate surface area is 134 Å². The average Bonchev–Trinajstić information content (AvgIpc) is 2.87. The van der Waals surface area contributed by atoms with Gasteiger partial charge in [0.25, 0.3) is 15.8 Å². The maximum Gasteiger partial charge on any atom is 0.297 e. The van der Waals surface area contributed by atoms with Crippen molar-refractivity contribution < 1.29 is 17.5 Å². The lowest BCUT2D eigenvalue weighted by molar-refractivity contribution is -0.384. The molecular weight excluding hydrogens is 318 g/mol. The van der Waals surface area contributed by atoms with Crippen molar-refractivity contribution in [1.29, 1.82) is 0 Å². The van der Waals surface area contributed by atoms with Crippen LogP contribution in [-0.4, -0.2) is 19.4 Å². The van der Waals surface area contributed by atoms with Crippen molar-refractivity contribution in [1.82, 2.24) is 0 Å². The predicted molar refractivity (Wildman–Crippen MR) is 83.7 cm³/mol. The molecule has 1 aliphatic rings. The molecule has 0 aliphatic heterocycles. The van der Waals surface area contributed by atoms with E-state index >= 15 is 0 Å². The number of nitrogens with zero attached hydrogens (tertiary/aromatic N) is 1. The Kier molecular flexibility index (Phi) is 3.91. The van der Waals surface area contributed by atoms with E-state index < -0.39 is 21.1 Å². The van der Waals surface area contributed by atoms with E-state index in [1.807, 2.05) is 6.92 Å². The lowest BCUT2D eigenvalue weighted by atomic mass is 10.1. The molecule has 0 fully saturated rings. The minimum atomic E-state index is -3.84. The Balaban J connectivity index is 1.77. The van der Waals surface area contributed by atoms with Crippen LogP contribution in [0.25, 0.3) is 0 Å². The van der Waals surface area contributed by atoms with Gasteiger partial charge in [0.1, 0.15) is 0 Å². The topological polar surface area (TPSA) is 86.5 Å². The fourth-order valence-corrected chi connectivity index (χ4v) is 3.76. The number of fused-ring (bicyclic) bond motifs is 1. The highest BCUT2D eigenvalue weighted by Gasteiger charge is 2.29. The van der Waals surface area contributed by atoms with Crippen molar-refractivity contribution >= 4 is 15.8 Å². The first-order valence-corrected chi connectivity index (χ1v) is 8.52. The summed E-state index contributed by atoms with van der Waals surface area (Å²) >= 11 is 0. The fourth-order valence-electron chi connectivity index (χ4n) is 2.69. The number of rotatable bonds is 4. The SMILES string of the molecule is Cc1ccc(S(=O)(=O)OC2Cc3ccc([N+](=O)[O-])cc3C2)cc1. The second kappa shape index (κ2) is 5.75. The second-order valence-electron chi connectivity index (χ2n) is 5.60. The van der Waals surface area contributed by atoms with Crippen molar-refractivity contribution in [3.63, 3.8) is 0 Å². The molecule has 0 amide bonds. The highest BCUT2D eigenvalue weighted by Crippen LogP contribution is 2.29. The quantitative estimate of drug-likeness (QED) is 0.488. The fraction of sp³-hybridized carbons (Fsp3) is 0.250. The van der Waals surface area contributed by atoms with Gasteiger partial charge in [-0.3, -0.25) is 14.3 Å². The van der Waals surface area contributed by atoms with Gasteiger partial charge in [-0.25, -0.2) is 0 Å². The first kappa shape index (κ1) is 15.6. The van der Waals surface area contributed by atoms with Crippen LogP contribution < -0.4 is 0 Å². The Morgan fingerprint density at radius 1 is 1.09 bits per heavy atom. The van der Waals surface area contributed by atoms with E-state index in [0.717, 1.165) is 16.7 Å². The van der Waals surface area contributed by atoms with Gasteiger partial charge < -0.3 is 0 Å². The van der Waals surface area contributed by atoms with Crippen LogP contribution in [0.2, 0.25) is 0 Å². The monoisotopic (exact) mass is 333 g/mol. The van der Waals surface area contributed by atoms with Gasteiger partial charge in [-0.2, -0.15) is 8.42 Å². The first-order valence-electron chi connectivity index (χ1n) is 7.11. The highest BCUT2D eigenvalue weighted by molar-refractivity contribution is 7.86. The molecule has 6 nitrogen and oxygen atoms in total. The summed E-state index contributed by atoms with van der Waals surface area (Å²) in [5.74, 6) is 0. The smallest absolute Gasteiger partial charge is 0.262 e. The molecule has 7 heteroatoms. The van der Waals surface area contributed by atoms with Crippen LogP contribution in [0.4, 0.5) is 5.69 Å². The van der Waals surface area contributed by atoms with Crippen LogP contribution in [0.5, 0.6) is 0 Å².